The van der Waals surface area contributed by atoms with Crippen molar-refractivity contribution in [3.63, 3.8) is 0 Å². The van der Waals surface area contributed by atoms with Gasteiger partial charge in [-0.2, -0.15) is 0 Å². The summed E-state index contributed by atoms with van der Waals surface area (Å²) in [5.74, 6) is 0.980. The smallest absolute Gasteiger partial charge is 0.146 e. The molecule has 3 nitrogen and oxygen atoms in total. The van der Waals surface area contributed by atoms with Crippen molar-refractivity contribution in [1.29, 1.82) is 0 Å². The second-order valence-corrected chi connectivity index (χ2v) is 4.21. The summed E-state index contributed by atoms with van der Waals surface area (Å²) in [5, 5.41) is 7.09. The monoisotopic (exact) mass is 182 g/mol. The average molecular weight is 182 g/mol. The lowest BCUT2D eigenvalue weighted by molar-refractivity contribution is 0.326. The highest BCUT2D eigenvalue weighted by molar-refractivity contribution is 5.20. The first-order valence-corrected chi connectivity index (χ1v) is 4.70. The van der Waals surface area contributed by atoms with Gasteiger partial charge in [0.25, 0.3) is 0 Å². The van der Waals surface area contributed by atoms with E-state index in [1.165, 1.54) is 0 Å². The van der Waals surface area contributed by atoms with Gasteiger partial charge >= 0.3 is 0 Å². The van der Waals surface area contributed by atoms with Gasteiger partial charge < -0.3 is 9.84 Å². The number of rotatable bonds is 3. The van der Waals surface area contributed by atoms with Crippen LogP contribution in [0.1, 0.15) is 39.0 Å². The summed E-state index contributed by atoms with van der Waals surface area (Å²) in [6.45, 7) is 10.3. The molecular formula is C10H18N2O. The Morgan fingerprint density at radius 3 is 2.69 bits per heavy atom. The van der Waals surface area contributed by atoms with Gasteiger partial charge in [-0.05, 0) is 6.54 Å². The van der Waals surface area contributed by atoms with Gasteiger partial charge in [0, 0.05) is 17.5 Å². The van der Waals surface area contributed by atoms with Crippen LogP contribution in [0.5, 0.6) is 0 Å². The van der Waals surface area contributed by atoms with E-state index in [4.69, 9.17) is 4.52 Å². The minimum Gasteiger partial charge on any atom is -0.361 e. The summed E-state index contributed by atoms with van der Waals surface area (Å²) in [7, 11) is 0. The normalized spacial score (nSPS) is 12.0. The minimum absolute atomic E-state index is 0.0429. The van der Waals surface area contributed by atoms with Crippen molar-refractivity contribution >= 4 is 0 Å². The molecule has 0 unspecified atom stereocenters. The van der Waals surface area contributed by atoms with E-state index < -0.39 is 0 Å². The summed E-state index contributed by atoms with van der Waals surface area (Å²) in [6.07, 6.45) is 1.79. The zero-order chi connectivity index (χ0) is 9.90. The third-order valence-electron chi connectivity index (χ3n) is 1.89. The van der Waals surface area contributed by atoms with Gasteiger partial charge in [-0.1, -0.05) is 32.9 Å². The van der Waals surface area contributed by atoms with Crippen molar-refractivity contribution in [2.75, 3.05) is 6.54 Å². The van der Waals surface area contributed by atoms with Gasteiger partial charge in [0.2, 0.25) is 0 Å². The fourth-order valence-corrected chi connectivity index (χ4v) is 1.26. The highest BCUT2D eigenvalue weighted by Gasteiger charge is 2.22. The maximum atomic E-state index is 5.24. The van der Waals surface area contributed by atoms with Crippen LogP contribution in [0.15, 0.2) is 10.7 Å². The van der Waals surface area contributed by atoms with Crippen LogP contribution in [-0.4, -0.2) is 11.7 Å². The maximum Gasteiger partial charge on any atom is 0.146 e. The lowest BCUT2D eigenvalue weighted by Gasteiger charge is -2.15. The molecule has 0 aliphatic carbocycles. The molecule has 13 heavy (non-hydrogen) atoms. The Bertz CT molecular complexity index is 260. The van der Waals surface area contributed by atoms with Crippen molar-refractivity contribution in [2.24, 2.45) is 0 Å². The third kappa shape index (κ3) is 2.56. The van der Waals surface area contributed by atoms with E-state index >= 15 is 0 Å². The Labute approximate surface area is 79.5 Å². The molecule has 1 heterocycles. The molecule has 1 aromatic rings. The molecule has 1 N–H and O–H groups in total. The molecule has 0 bridgehead atoms. The minimum atomic E-state index is 0.0429. The van der Waals surface area contributed by atoms with Gasteiger partial charge in [0.1, 0.15) is 5.76 Å². The average Bonchev–Trinajstić information content (AvgIpc) is 2.47. The number of aromatic nitrogens is 1. The summed E-state index contributed by atoms with van der Waals surface area (Å²) in [5.41, 5.74) is 1.20. The quantitative estimate of drug-likeness (QED) is 0.777. The van der Waals surface area contributed by atoms with Crippen molar-refractivity contribution in [1.82, 2.24) is 10.5 Å². The zero-order valence-corrected chi connectivity index (χ0v) is 8.85. The first-order chi connectivity index (χ1) is 6.05. The molecule has 0 aliphatic rings. The van der Waals surface area contributed by atoms with Crippen LogP contribution in [0.2, 0.25) is 0 Å². The Morgan fingerprint density at radius 1 is 1.46 bits per heavy atom. The molecule has 0 aliphatic heterocycles. The fourth-order valence-electron chi connectivity index (χ4n) is 1.26. The molecule has 0 saturated carbocycles. The van der Waals surface area contributed by atoms with Gasteiger partial charge in [-0.15, -0.1) is 0 Å². The first kappa shape index (κ1) is 10.3. The molecule has 0 radical (unpaired) electrons. The SMILES string of the molecule is CCNCc1cnoc1C(C)(C)C. The lowest BCUT2D eigenvalue weighted by Crippen LogP contribution is -2.17. The molecule has 74 valence electrons. The van der Waals surface area contributed by atoms with E-state index in [2.05, 4.69) is 38.2 Å². The first-order valence-electron chi connectivity index (χ1n) is 4.70. The van der Waals surface area contributed by atoms with Crippen molar-refractivity contribution in [3.05, 3.63) is 17.5 Å². The number of hydrogen-bond donors (Lipinski definition) is 1. The topological polar surface area (TPSA) is 38.1 Å². The Balaban J connectivity index is 2.77. The molecule has 1 rings (SSSR count). The maximum absolute atomic E-state index is 5.24. The van der Waals surface area contributed by atoms with Crippen molar-refractivity contribution < 1.29 is 4.52 Å². The number of nitrogens with one attached hydrogen (secondary N) is 1. The summed E-state index contributed by atoms with van der Waals surface area (Å²) in [6, 6.07) is 0. The van der Waals surface area contributed by atoms with Crippen molar-refractivity contribution in [3.8, 4) is 0 Å². The van der Waals surface area contributed by atoms with Crippen LogP contribution >= 0.6 is 0 Å². The number of nitrogens with zero attached hydrogens (tertiary/aromatic N) is 1. The Hall–Kier alpha value is -0.830. The van der Waals surface area contributed by atoms with Gasteiger partial charge in [-0.25, -0.2) is 0 Å². The predicted octanol–water partition coefficient (Wildman–Crippen LogP) is 2.08. The molecule has 0 fully saturated rings. The number of hydrogen-bond acceptors (Lipinski definition) is 3. The highest BCUT2D eigenvalue weighted by Crippen LogP contribution is 2.25. The lowest BCUT2D eigenvalue weighted by atomic mass is 9.90. The van der Waals surface area contributed by atoms with Crippen LogP contribution in [0.3, 0.4) is 0 Å². The third-order valence-corrected chi connectivity index (χ3v) is 1.89. The molecule has 0 aromatic carbocycles. The molecule has 1 aromatic heterocycles. The molecule has 0 spiro atoms. The van der Waals surface area contributed by atoms with Crippen LogP contribution in [-0.2, 0) is 12.0 Å². The largest absolute Gasteiger partial charge is 0.361 e. The van der Waals surface area contributed by atoms with Crippen LogP contribution in [0, 0.1) is 0 Å². The zero-order valence-electron chi connectivity index (χ0n) is 8.85. The van der Waals surface area contributed by atoms with Crippen LogP contribution in [0.25, 0.3) is 0 Å². The van der Waals surface area contributed by atoms with Gasteiger partial charge in [-0.3, -0.25) is 0 Å². The molecule has 3 heteroatoms. The molecular weight excluding hydrogens is 164 g/mol. The van der Waals surface area contributed by atoms with Crippen LogP contribution < -0.4 is 5.32 Å². The van der Waals surface area contributed by atoms with Gasteiger partial charge in [0.05, 0.1) is 6.20 Å². The summed E-state index contributed by atoms with van der Waals surface area (Å²) < 4.78 is 5.24. The molecule has 0 amide bonds. The summed E-state index contributed by atoms with van der Waals surface area (Å²) in [4.78, 5) is 0. The highest BCUT2D eigenvalue weighted by atomic mass is 16.5. The van der Waals surface area contributed by atoms with E-state index in [0.29, 0.717) is 0 Å². The van der Waals surface area contributed by atoms with Gasteiger partial charge in [0.15, 0.2) is 0 Å². The second kappa shape index (κ2) is 3.92. The van der Waals surface area contributed by atoms with E-state index in [1.54, 1.807) is 6.20 Å². The summed E-state index contributed by atoms with van der Waals surface area (Å²) >= 11 is 0. The predicted molar refractivity (Wildman–Crippen MR) is 52.6 cm³/mol. The van der Waals surface area contributed by atoms with E-state index in [0.717, 1.165) is 24.4 Å². The second-order valence-electron chi connectivity index (χ2n) is 4.21. The molecule has 0 saturated heterocycles. The Kier molecular flexibility index (Phi) is 3.09. The Morgan fingerprint density at radius 2 is 2.15 bits per heavy atom. The van der Waals surface area contributed by atoms with E-state index in [-0.39, 0.29) is 5.41 Å². The van der Waals surface area contributed by atoms with E-state index in [9.17, 15) is 0 Å². The standard InChI is InChI=1S/C10H18N2O/c1-5-11-6-8-7-12-13-9(8)10(2,3)4/h7,11H,5-6H2,1-4H3. The molecule has 0 atom stereocenters. The fraction of sp³-hybridized carbons (Fsp3) is 0.700. The van der Waals surface area contributed by atoms with E-state index in [1.807, 2.05) is 0 Å². The van der Waals surface area contributed by atoms with Crippen LogP contribution in [0.4, 0.5) is 0 Å². The van der Waals surface area contributed by atoms with Crippen molar-refractivity contribution in [2.45, 2.75) is 39.7 Å².